The minimum atomic E-state index is -0.608. The molecule has 32 heavy (non-hydrogen) atoms. The van der Waals surface area contributed by atoms with Crippen LogP contribution >= 0.6 is 0 Å². The fourth-order valence-electron chi connectivity index (χ4n) is 5.00. The number of methoxy groups -OCH3 is 1. The topological polar surface area (TPSA) is 99.3 Å². The number of ketones is 1. The summed E-state index contributed by atoms with van der Waals surface area (Å²) in [6.07, 6.45) is 2.12. The molecule has 2 aromatic rings. The van der Waals surface area contributed by atoms with Gasteiger partial charge in [0.2, 0.25) is 5.78 Å². The van der Waals surface area contributed by atoms with Gasteiger partial charge < -0.3 is 25.3 Å². The Labute approximate surface area is 187 Å². The van der Waals surface area contributed by atoms with E-state index in [0.717, 1.165) is 25.2 Å². The molecule has 1 saturated heterocycles. The first-order valence-electron chi connectivity index (χ1n) is 11.3. The average molecular weight is 446 g/mol. The van der Waals surface area contributed by atoms with Gasteiger partial charge >= 0.3 is 6.09 Å². The fraction of sp³-hybridized carbons (Fsp3) is 0.609. The minimum Gasteiger partial charge on any atom is -0.453 e. The maximum absolute atomic E-state index is 15.6. The molecule has 0 bridgehead atoms. The highest BCUT2D eigenvalue weighted by Crippen LogP contribution is 2.39. The summed E-state index contributed by atoms with van der Waals surface area (Å²) >= 11 is 0. The summed E-state index contributed by atoms with van der Waals surface area (Å²) in [7, 11) is 1.34. The minimum absolute atomic E-state index is 0.0114. The number of benzene rings is 1. The van der Waals surface area contributed by atoms with Crippen LogP contribution in [-0.2, 0) is 4.74 Å². The zero-order chi connectivity index (χ0) is 23.0. The molecule has 0 spiro atoms. The number of Topliss-reactive ketones (excluding diaryl/α,β-unsaturated/α-hetero) is 1. The zero-order valence-corrected chi connectivity index (χ0v) is 19.2. The molecule has 1 amide bonds. The molecule has 9 heteroatoms. The molecule has 3 N–H and O–H groups in total. The average Bonchev–Trinajstić information content (AvgIpc) is 3.20. The summed E-state index contributed by atoms with van der Waals surface area (Å²) in [4.78, 5) is 34.4. The van der Waals surface area contributed by atoms with E-state index < -0.39 is 11.5 Å². The number of hydrogen-bond acceptors (Lipinski definition) is 6. The second kappa shape index (κ2) is 8.69. The van der Waals surface area contributed by atoms with Gasteiger partial charge in [-0.1, -0.05) is 6.92 Å². The summed E-state index contributed by atoms with van der Waals surface area (Å²) in [5, 5.41) is 6.13. The zero-order valence-electron chi connectivity index (χ0n) is 19.2. The smallest absolute Gasteiger partial charge is 0.407 e. The Balaban J connectivity index is 1.58. The van der Waals surface area contributed by atoms with Gasteiger partial charge in [0.05, 0.1) is 18.3 Å². The number of imidazole rings is 1. The number of amides is 1. The van der Waals surface area contributed by atoms with Crippen molar-refractivity contribution in [3.8, 4) is 0 Å². The number of nitrogens with zero attached hydrogens (tertiary/aromatic N) is 2. The Bertz CT molecular complexity index is 1030. The summed E-state index contributed by atoms with van der Waals surface area (Å²) < 4.78 is 20.3. The first kappa shape index (κ1) is 22.5. The van der Waals surface area contributed by atoms with Gasteiger partial charge in [-0.25, -0.2) is 14.2 Å². The molecule has 1 aromatic carbocycles. The van der Waals surface area contributed by atoms with E-state index in [0.29, 0.717) is 36.9 Å². The SMILES string of the molecule is COC(=O)NC1CCC(C)(C(=O)c2nc3c(F)c(N4CCNCC4C)c(C)cc3[nH]2)CC1. The number of hydrogen-bond donors (Lipinski definition) is 3. The summed E-state index contributed by atoms with van der Waals surface area (Å²) in [6.45, 7) is 8.21. The second-order valence-electron chi connectivity index (χ2n) is 9.38. The standard InChI is InChI=1S/C23H32FN5O3/c1-13-11-16-18(17(24)19(13)29-10-9-25-12-14(29)2)28-21(27-16)20(30)23(3)7-5-15(6-8-23)26-22(31)32-4/h11,14-15,25H,5-10,12H2,1-4H3,(H,26,31)(H,27,28). The largest absolute Gasteiger partial charge is 0.453 e. The lowest BCUT2D eigenvalue weighted by atomic mass is 9.71. The van der Waals surface area contributed by atoms with Gasteiger partial charge in [0.15, 0.2) is 11.6 Å². The Kier molecular flexibility index (Phi) is 6.11. The molecule has 1 atom stereocenters. The van der Waals surface area contributed by atoms with Crippen molar-refractivity contribution in [2.24, 2.45) is 5.41 Å². The quantitative estimate of drug-likeness (QED) is 0.625. The van der Waals surface area contributed by atoms with E-state index in [1.165, 1.54) is 7.11 Å². The van der Waals surface area contributed by atoms with Crippen molar-refractivity contribution < 1.29 is 18.7 Å². The Hall–Kier alpha value is -2.68. The van der Waals surface area contributed by atoms with Gasteiger partial charge in [0.1, 0.15) is 5.52 Å². The van der Waals surface area contributed by atoms with Crippen molar-refractivity contribution >= 4 is 28.6 Å². The Morgan fingerprint density at radius 3 is 2.72 bits per heavy atom. The lowest BCUT2D eigenvalue weighted by Gasteiger charge is -2.37. The predicted octanol–water partition coefficient (Wildman–Crippen LogP) is 3.30. The molecule has 0 radical (unpaired) electrons. The van der Waals surface area contributed by atoms with E-state index in [1.807, 2.05) is 19.9 Å². The summed E-state index contributed by atoms with van der Waals surface area (Å²) in [6, 6.07) is 2.04. The maximum atomic E-state index is 15.6. The van der Waals surface area contributed by atoms with Crippen LogP contribution in [0.2, 0.25) is 0 Å². The van der Waals surface area contributed by atoms with Gasteiger partial charge in [0.25, 0.3) is 0 Å². The number of aromatic amines is 1. The first-order valence-corrected chi connectivity index (χ1v) is 11.3. The number of fused-ring (bicyclic) bond motifs is 1. The summed E-state index contributed by atoms with van der Waals surface area (Å²) in [5.41, 5.74) is 1.54. The van der Waals surface area contributed by atoms with Crippen molar-refractivity contribution in [1.82, 2.24) is 20.6 Å². The van der Waals surface area contributed by atoms with Crippen LogP contribution in [0.5, 0.6) is 0 Å². The van der Waals surface area contributed by atoms with Crippen molar-refractivity contribution in [3.05, 3.63) is 23.3 Å². The van der Waals surface area contributed by atoms with E-state index in [9.17, 15) is 9.59 Å². The number of ether oxygens (including phenoxy) is 1. The highest BCUT2D eigenvalue weighted by atomic mass is 19.1. The third-order valence-electron chi connectivity index (χ3n) is 7.03. The highest BCUT2D eigenvalue weighted by Gasteiger charge is 2.40. The number of nitrogens with one attached hydrogen (secondary N) is 3. The van der Waals surface area contributed by atoms with Crippen LogP contribution < -0.4 is 15.5 Å². The first-order chi connectivity index (χ1) is 15.2. The van der Waals surface area contributed by atoms with Crippen LogP contribution in [0.15, 0.2) is 6.07 Å². The van der Waals surface area contributed by atoms with E-state index in [2.05, 4.69) is 37.2 Å². The number of H-pyrrole nitrogens is 1. The van der Waals surface area contributed by atoms with E-state index in [1.54, 1.807) is 0 Å². The number of aryl methyl sites for hydroxylation is 1. The van der Waals surface area contributed by atoms with E-state index in [-0.39, 0.29) is 35.0 Å². The Morgan fingerprint density at radius 1 is 1.34 bits per heavy atom. The monoisotopic (exact) mass is 445 g/mol. The molecule has 1 aromatic heterocycles. The third kappa shape index (κ3) is 4.05. The van der Waals surface area contributed by atoms with Crippen molar-refractivity contribution in [2.45, 2.75) is 58.5 Å². The van der Waals surface area contributed by atoms with Crippen LogP contribution in [-0.4, -0.2) is 60.7 Å². The highest BCUT2D eigenvalue weighted by molar-refractivity contribution is 6.00. The molecule has 1 unspecified atom stereocenters. The predicted molar refractivity (Wildman–Crippen MR) is 121 cm³/mol. The van der Waals surface area contributed by atoms with Gasteiger partial charge in [-0.05, 0) is 51.2 Å². The van der Waals surface area contributed by atoms with E-state index >= 15 is 4.39 Å². The van der Waals surface area contributed by atoms with Crippen LogP contribution in [0.4, 0.5) is 14.9 Å². The van der Waals surface area contributed by atoms with Crippen molar-refractivity contribution in [2.75, 3.05) is 31.6 Å². The number of carbonyl (C=O) groups is 2. The van der Waals surface area contributed by atoms with Crippen LogP contribution in [0, 0.1) is 18.2 Å². The fourth-order valence-corrected chi connectivity index (χ4v) is 5.00. The molecule has 2 heterocycles. The van der Waals surface area contributed by atoms with Crippen molar-refractivity contribution in [1.29, 1.82) is 0 Å². The number of rotatable bonds is 4. The number of piperazine rings is 1. The normalized spacial score (nSPS) is 26.2. The third-order valence-corrected chi connectivity index (χ3v) is 7.03. The molecule has 2 aliphatic rings. The van der Waals surface area contributed by atoms with Gasteiger partial charge in [-0.3, -0.25) is 4.79 Å². The van der Waals surface area contributed by atoms with Gasteiger partial charge in [-0.2, -0.15) is 0 Å². The molecule has 4 rings (SSSR count). The van der Waals surface area contributed by atoms with Crippen LogP contribution in [0.1, 0.15) is 55.7 Å². The van der Waals surface area contributed by atoms with Crippen LogP contribution in [0.3, 0.4) is 0 Å². The number of alkyl carbamates (subject to hydrolysis) is 1. The van der Waals surface area contributed by atoms with E-state index in [4.69, 9.17) is 0 Å². The van der Waals surface area contributed by atoms with Gasteiger partial charge in [0, 0.05) is 37.1 Å². The number of halogens is 1. The molecule has 1 saturated carbocycles. The number of aromatic nitrogens is 2. The molecule has 1 aliphatic heterocycles. The van der Waals surface area contributed by atoms with Crippen molar-refractivity contribution in [3.63, 3.8) is 0 Å². The molecular weight excluding hydrogens is 413 g/mol. The number of carbonyl (C=O) groups excluding carboxylic acids is 2. The van der Waals surface area contributed by atoms with Gasteiger partial charge in [-0.15, -0.1) is 0 Å². The molecule has 1 aliphatic carbocycles. The Morgan fingerprint density at radius 2 is 2.06 bits per heavy atom. The second-order valence-corrected chi connectivity index (χ2v) is 9.38. The lowest BCUT2D eigenvalue weighted by molar-refractivity contribution is 0.0715. The maximum Gasteiger partial charge on any atom is 0.407 e. The molecule has 8 nitrogen and oxygen atoms in total. The molecule has 2 fully saturated rings. The van der Waals surface area contributed by atoms with Crippen LogP contribution in [0.25, 0.3) is 11.0 Å². The molecule has 174 valence electrons. The summed E-state index contributed by atoms with van der Waals surface area (Å²) in [5.74, 6) is -0.287. The lowest BCUT2D eigenvalue weighted by Crippen LogP contribution is -2.50. The number of anilines is 1. The molecular formula is C23H32FN5O3.